The number of hydrogen-bond acceptors (Lipinski definition) is 4. The number of allylic oxidation sites excluding steroid dienone is 7. The molecule has 5 heteroatoms. The molecule has 0 aliphatic heterocycles. The summed E-state index contributed by atoms with van der Waals surface area (Å²) in [5.74, 6) is -0.326. The number of carbonyl (C=O) groups excluding carboxylic acids is 1. The Labute approximate surface area is 361 Å². The zero-order chi connectivity index (χ0) is 42.3. The number of aliphatic hydroxyl groups is 3. The van der Waals surface area contributed by atoms with E-state index in [1.165, 1.54) is 193 Å². The van der Waals surface area contributed by atoms with Gasteiger partial charge in [0.25, 0.3) is 0 Å². The molecule has 0 fully saturated rings. The van der Waals surface area contributed by atoms with Gasteiger partial charge in [0.2, 0.25) is 5.91 Å². The molecule has 3 atom stereocenters. The topological polar surface area (TPSA) is 89.8 Å². The van der Waals surface area contributed by atoms with Gasteiger partial charge >= 0.3 is 0 Å². The number of aliphatic hydroxyl groups excluding tert-OH is 3. The number of unbranched alkanes of at least 4 members (excludes halogenated alkanes) is 31. The van der Waals surface area contributed by atoms with E-state index in [9.17, 15) is 20.1 Å². The Morgan fingerprint density at radius 2 is 0.793 bits per heavy atom. The van der Waals surface area contributed by atoms with E-state index in [0.717, 1.165) is 38.5 Å². The lowest BCUT2D eigenvalue weighted by atomic mass is 10.0. The standard InChI is InChI=1S/C53H99NO4/c1-3-5-7-9-11-13-15-17-19-21-22-23-24-25-26-27-28-29-30-31-32-34-36-38-40-42-44-46-50(56)48-53(58)54-51(49-55)52(57)47-45-43-41-39-37-35-33-20-18-16-14-12-10-8-6-4-2/h22-23,25-26,37,39,45,47,50-52,55-57H,3-21,24,27-36,38,40-44,46,48-49H2,1-2H3,(H,54,58)/b23-22-,26-25-,39-37+,47-45+. The molecule has 0 saturated heterocycles. The molecule has 58 heavy (non-hydrogen) atoms. The summed E-state index contributed by atoms with van der Waals surface area (Å²) >= 11 is 0. The smallest absolute Gasteiger partial charge is 0.222 e. The molecular weight excluding hydrogens is 715 g/mol. The molecule has 340 valence electrons. The lowest BCUT2D eigenvalue weighted by Crippen LogP contribution is -2.45. The van der Waals surface area contributed by atoms with Crippen molar-refractivity contribution in [1.29, 1.82) is 0 Å². The van der Waals surface area contributed by atoms with Gasteiger partial charge in [-0.1, -0.05) is 236 Å². The van der Waals surface area contributed by atoms with E-state index in [2.05, 4.69) is 55.6 Å². The molecule has 0 aliphatic carbocycles. The molecular formula is C53H99NO4. The average molecular weight is 814 g/mol. The summed E-state index contributed by atoms with van der Waals surface area (Å²) in [6.45, 7) is 4.21. The van der Waals surface area contributed by atoms with Crippen molar-refractivity contribution < 1.29 is 20.1 Å². The maximum absolute atomic E-state index is 12.5. The fourth-order valence-electron chi connectivity index (χ4n) is 7.68. The van der Waals surface area contributed by atoms with E-state index in [1.807, 2.05) is 6.08 Å². The summed E-state index contributed by atoms with van der Waals surface area (Å²) in [7, 11) is 0. The highest BCUT2D eigenvalue weighted by atomic mass is 16.3. The second-order valence-corrected chi connectivity index (χ2v) is 17.4. The van der Waals surface area contributed by atoms with Gasteiger partial charge in [-0.25, -0.2) is 0 Å². The van der Waals surface area contributed by atoms with Crippen molar-refractivity contribution >= 4 is 5.91 Å². The van der Waals surface area contributed by atoms with Gasteiger partial charge in [0.05, 0.1) is 31.3 Å². The Balaban J connectivity index is 3.63. The SMILES string of the molecule is CCCCCCCCCCC/C=C\C/C=C\CCCCCCCCCCCCCC(O)CC(=O)NC(CO)C(O)/C=C/CC/C=C/CCCCCCCCCCCC. The summed E-state index contributed by atoms with van der Waals surface area (Å²) in [6, 6.07) is -0.762. The minimum absolute atomic E-state index is 0.00385. The van der Waals surface area contributed by atoms with Crippen LogP contribution in [0.3, 0.4) is 0 Å². The van der Waals surface area contributed by atoms with E-state index >= 15 is 0 Å². The van der Waals surface area contributed by atoms with E-state index in [-0.39, 0.29) is 18.9 Å². The first-order valence-electron chi connectivity index (χ1n) is 25.4. The van der Waals surface area contributed by atoms with Gasteiger partial charge < -0.3 is 20.6 Å². The molecule has 0 aromatic heterocycles. The lowest BCUT2D eigenvalue weighted by Gasteiger charge is -2.21. The molecule has 1 amide bonds. The van der Waals surface area contributed by atoms with Gasteiger partial charge in [-0.05, 0) is 64.2 Å². The third kappa shape index (κ3) is 43.9. The second kappa shape index (κ2) is 48.0. The predicted octanol–water partition coefficient (Wildman–Crippen LogP) is 15.3. The molecule has 0 heterocycles. The molecule has 5 nitrogen and oxygen atoms in total. The second-order valence-electron chi connectivity index (χ2n) is 17.4. The van der Waals surface area contributed by atoms with Crippen LogP contribution >= 0.6 is 0 Å². The summed E-state index contributed by atoms with van der Waals surface area (Å²) in [4.78, 5) is 12.5. The van der Waals surface area contributed by atoms with Crippen LogP contribution < -0.4 is 5.32 Å². The molecule has 0 bridgehead atoms. The van der Waals surface area contributed by atoms with Crippen LogP contribution in [-0.2, 0) is 4.79 Å². The number of hydrogen-bond donors (Lipinski definition) is 4. The number of nitrogens with one attached hydrogen (secondary N) is 1. The highest BCUT2D eigenvalue weighted by Gasteiger charge is 2.20. The summed E-state index contributed by atoms with van der Waals surface area (Å²) in [5.41, 5.74) is 0. The molecule has 0 aromatic carbocycles. The Hall–Kier alpha value is -1.69. The maximum atomic E-state index is 12.5. The van der Waals surface area contributed by atoms with Crippen molar-refractivity contribution in [1.82, 2.24) is 5.32 Å². The maximum Gasteiger partial charge on any atom is 0.222 e. The van der Waals surface area contributed by atoms with Crippen LogP contribution in [0.4, 0.5) is 0 Å². The van der Waals surface area contributed by atoms with Crippen molar-refractivity contribution in [2.24, 2.45) is 0 Å². The van der Waals surface area contributed by atoms with Crippen molar-refractivity contribution in [2.75, 3.05) is 6.61 Å². The fraction of sp³-hybridized carbons (Fsp3) is 0.830. The monoisotopic (exact) mass is 814 g/mol. The van der Waals surface area contributed by atoms with E-state index in [0.29, 0.717) is 6.42 Å². The Morgan fingerprint density at radius 1 is 0.448 bits per heavy atom. The van der Waals surface area contributed by atoms with Crippen LogP contribution in [0.5, 0.6) is 0 Å². The third-order valence-corrected chi connectivity index (χ3v) is 11.6. The molecule has 0 rings (SSSR count). The number of carbonyl (C=O) groups is 1. The fourth-order valence-corrected chi connectivity index (χ4v) is 7.68. The molecule has 0 aromatic rings. The van der Waals surface area contributed by atoms with Gasteiger partial charge in [0.1, 0.15) is 0 Å². The summed E-state index contributed by atoms with van der Waals surface area (Å²) in [5, 5.41) is 33.3. The molecule has 0 saturated carbocycles. The zero-order valence-electron chi connectivity index (χ0n) is 38.7. The quantitative estimate of drug-likeness (QED) is 0.0364. The van der Waals surface area contributed by atoms with Gasteiger partial charge in [-0.15, -0.1) is 0 Å². The van der Waals surface area contributed by atoms with Crippen LogP contribution in [0.15, 0.2) is 48.6 Å². The third-order valence-electron chi connectivity index (χ3n) is 11.6. The molecule has 0 aliphatic rings. The Bertz CT molecular complexity index is 943. The van der Waals surface area contributed by atoms with E-state index in [1.54, 1.807) is 6.08 Å². The first-order valence-corrected chi connectivity index (χ1v) is 25.4. The van der Waals surface area contributed by atoms with Gasteiger partial charge in [-0.3, -0.25) is 4.79 Å². The number of amides is 1. The number of rotatable bonds is 46. The van der Waals surface area contributed by atoms with Crippen LogP contribution in [-0.4, -0.2) is 46.1 Å². The van der Waals surface area contributed by atoms with Crippen molar-refractivity contribution in [3.05, 3.63) is 48.6 Å². The Kier molecular flexibility index (Phi) is 46.6. The first kappa shape index (κ1) is 56.3. The van der Waals surface area contributed by atoms with Crippen LogP contribution in [0.2, 0.25) is 0 Å². The first-order chi connectivity index (χ1) is 28.5. The van der Waals surface area contributed by atoms with Crippen LogP contribution in [0.25, 0.3) is 0 Å². The van der Waals surface area contributed by atoms with E-state index in [4.69, 9.17) is 0 Å². The van der Waals surface area contributed by atoms with Gasteiger partial charge in [-0.2, -0.15) is 0 Å². The summed E-state index contributed by atoms with van der Waals surface area (Å²) < 4.78 is 0. The van der Waals surface area contributed by atoms with Crippen LogP contribution in [0, 0.1) is 0 Å². The van der Waals surface area contributed by atoms with E-state index < -0.39 is 18.2 Å². The average Bonchev–Trinajstić information content (AvgIpc) is 3.22. The highest BCUT2D eigenvalue weighted by molar-refractivity contribution is 5.76. The molecule has 0 spiro atoms. The molecule has 3 unspecified atom stereocenters. The Morgan fingerprint density at radius 3 is 1.21 bits per heavy atom. The largest absolute Gasteiger partial charge is 0.394 e. The molecule has 0 radical (unpaired) electrons. The van der Waals surface area contributed by atoms with Crippen molar-refractivity contribution in [3.8, 4) is 0 Å². The van der Waals surface area contributed by atoms with Gasteiger partial charge in [0, 0.05) is 0 Å². The van der Waals surface area contributed by atoms with Crippen LogP contribution in [0.1, 0.15) is 258 Å². The van der Waals surface area contributed by atoms with Gasteiger partial charge in [0.15, 0.2) is 0 Å². The zero-order valence-corrected chi connectivity index (χ0v) is 38.7. The minimum atomic E-state index is -0.953. The molecule has 4 N–H and O–H groups in total. The predicted molar refractivity (Wildman–Crippen MR) is 254 cm³/mol. The lowest BCUT2D eigenvalue weighted by molar-refractivity contribution is -0.124. The van der Waals surface area contributed by atoms with Crippen molar-refractivity contribution in [2.45, 2.75) is 276 Å². The highest BCUT2D eigenvalue weighted by Crippen LogP contribution is 2.15. The van der Waals surface area contributed by atoms with Crippen molar-refractivity contribution in [3.63, 3.8) is 0 Å². The summed E-state index contributed by atoms with van der Waals surface area (Å²) in [6.07, 6.45) is 62.8. The minimum Gasteiger partial charge on any atom is -0.394 e. The normalized spacial score (nSPS) is 13.8.